The van der Waals surface area contributed by atoms with E-state index in [2.05, 4.69) is 33.9 Å². The lowest BCUT2D eigenvalue weighted by molar-refractivity contribution is 0.188. The molecule has 28 heavy (non-hydrogen) atoms. The minimum atomic E-state index is 0. The van der Waals surface area contributed by atoms with E-state index >= 15 is 0 Å². The molecule has 3 saturated heterocycles. The van der Waals surface area contributed by atoms with Gasteiger partial charge in [-0.05, 0) is 90.0 Å². The van der Waals surface area contributed by atoms with Crippen molar-refractivity contribution >= 4 is 29.9 Å². The minimum Gasteiger partial charge on any atom is -0.357 e. The van der Waals surface area contributed by atoms with E-state index in [0.717, 1.165) is 24.9 Å². The molecule has 1 N–H and O–H groups in total. The molecule has 1 unspecified atom stereocenters. The molecule has 0 radical (unpaired) electrons. The summed E-state index contributed by atoms with van der Waals surface area (Å²) in [6, 6.07) is 0. The van der Waals surface area contributed by atoms with Gasteiger partial charge < -0.3 is 20.0 Å². The molecule has 0 bridgehead atoms. The molecule has 3 aliphatic rings. The zero-order chi connectivity index (χ0) is 18.9. The first kappa shape index (κ1) is 24.2. The molecule has 3 fully saturated rings. The third kappa shape index (κ3) is 7.63. The molecule has 0 spiro atoms. The topological polar surface area (TPSA) is 34.1 Å². The molecule has 1 atom stereocenters. The second-order valence-electron chi connectivity index (χ2n) is 8.86. The fourth-order valence-electron chi connectivity index (χ4n) is 5.05. The molecule has 3 aliphatic heterocycles. The standard InChI is InChI=1S/C22H43N5.HI/c1-3-23-22(24-12-8-20-9-15-25(4-2)16-10-20)27-17-11-21(19-27)18-26-13-6-5-7-14-26;/h20-21H,3-19H2,1-2H3,(H,23,24);1H. The van der Waals surface area contributed by atoms with Crippen molar-refractivity contribution in [3.8, 4) is 0 Å². The maximum Gasteiger partial charge on any atom is 0.193 e. The van der Waals surface area contributed by atoms with E-state index in [9.17, 15) is 0 Å². The quantitative estimate of drug-likeness (QED) is 0.326. The van der Waals surface area contributed by atoms with Gasteiger partial charge in [0.15, 0.2) is 5.96 Å². The Morgan fingerprint density at radius 3 is 2.29 bits per heavy atom. The average molecular weight is 506 g/mol. The number of hydrogen-bond acceptors (Lipinski definition) is 3. The summed E-state index contributed by atoms with van der Waals surface area (Å²) < 4.78 is 0. The van der Waals surface area contributed by atoms with Crippen molar-refractivity contribution in [1.82, 2.24) is 20.0 Å². The van der Waals surface area contributed by atoms with Crippen LogP contribution in [0.1, 0.15) is 58.8 Å². The van der Waals surface area contributed by atoms with Crippen molar-refractivity contribution in [1.29, 1.82) is 0 Å². The molecular weight excluding hydrogens is 461 g/mol. The lowest BCUT2D eigenvalue weighted by Crippen LogP contribution is -2.41. The molecule has 0 aromatic rings. The summed E-state index contributed by atoms with van der Waals surface area (Å²) in [6.45, 7) is 16.5. The summed E-state index contributed by atoms with van der Waals surface area (Å²) in [4.78, 5) is 12.8. The Kier molecular flexibility index (Phi) is 11.5. The van der Waals surface area contributed by atoms with Crippen LogP contribution >= 0.6 is 24.0 Å². The maximum atomic E-state index is 5.01. The Labute approximate surface area is 190 Å². The fraction of sp³-hybridized carbons (Fsp3) is 0.955. The van der Waals surface area contributed by atoms with E-state index in [-0.39, 0.29) is 24.0 Å². The number of nitrogens with one attached hydrogen (secondary N) is 1. The number of guanidine groups is 1. The van der Waals surface area contributed by atoms with Crippen LogP contribution in [0.5, 0.6) is 0 Å². The summed E-state index contributed by atoms with van der Waals surface area (Å²) in [5.74, 6) is 2.87. The van der Waals surface area contributed by atoms with E-state index in [1.54, 1.807) is 0 Å². The van der Waals surface area contributed by atoms with Gasteiger partial charge in [0.1, 0.15) is 0 Å². The first-order chi connectivity index (χ1) is 13.3. The fourth-order valence-corrected chi connectivity index (χ4v) is 5.05. The molecule has 3 rings (SSSR count). The highest BCUT2D eigenvalue weighted by molar-refractivity contribution is 14.0. The SMILES string of the molecule is CCNC(=NCCC1CCN(CC)CC1)N1CCC(CN2CCCCC2)C1.I. The van der Waals surface area contributed by atoms with Crippen molar-refractivity contribution in [3.63, 3.8) is 0 Å². The van der Waals surface area contributed by atoms with Crippen molar-refractivity contribution in [3.05, 3.63) is 0 Å². The van der Waals surface area contributed by atoms with Crippen LogP contribution in [0.15, 0.2) is 4.99 Å². The number of piperidine rings is 2. The molecule has 164 valence electrons. The van der Waals surface area contributed by atoms with Gasteiger partial charge in [0.2, 0.25) is 0 Å². The van der Waals surface area contributed by atoms with Gasteiger partial charge in [0.25, 0.3) is 0 Å². The highest BCUT2D eigenvalue weighted by Crippen LogP contribution is 2.22. The summed E-state index contributed by atoms with van der Waals surface area (Å²) in [5.41, 5.74) is 0. The van der Waals surface area contributed by atoms with Gasteiger partial charge in [-0.1, -0.05) is 13.3 Å². The van der Waals surface area contributed by atoms with Crippen LogP contribution in [-0.4, -0.2) is 86.1 Å². The number of hydrogen-bond donors (Lipinski definition) is 1. The first-order valence-corrected chi connectivity index (χ1v) is 11.8. The molecule has 0 aromatic carbocycles. The van der Waals surface area contributed by atoms with Crippen molar-refractivity contribution in [2.75, 3.05) is 65.4 Å². The smallest absolute Gasteiger partial charge is 0.193 e. The molecule has 3 heterocycles. The Morgan fingerprint density at radius 2 is 1.61 bits per heavy atom. The summed E-state index contributed by atoms with van der Waals surface area (Å²) in [5, 5.41) is 3.56. The van der Waals surface area contributed by atoms with Crippen LogP contribution in [0.25, 0.3) is 0 Å². The Morgan fingerprint density at radius 1 is 0.893 bits per heavy atom. The van der Waals surface area contributed by atoms with Gasteiger partial charge in [-0.25, -0.2) is 0 Å². The van der Waals surface area contributed by atoms with Crippen molar-refractivity contribution in [2.45, 2.75) is 58.8 Å². The van der Waals surface area contributed by atoms with Gasteiger partial charge in [0.05, 0.1) is 0 Å². The number of likely N-dealkylation sites (tertiary alicyclic amines) is 3. The number of halogens is 1. The lowest BCUT2D eigenvalue weighted by atomic mass is 9.94. The largest absolute Gasteiger partial charge is 0.357 e. The van der Waals surface area contributed by atoms with E-state index in [0.29, 0.717) is 0 Å². The zero-order valence-electron chi connectivity index (χ0n) is 18.4. The molecule has 0 saturated carbocycles. The molecule has 5 nitrogen and oxygen atoms in total. The third-order valence-electron chi connectivity index (χ3n) is 6.84. The average Bonchev–Trinajstić information content (AvgIpc) is 3.17. The second-order valence-corrected chi connectivity index (χ2v) is 8.86. The highest BCUT2D eigenvalue weighted by atomic mass is 127. The van der Waals surface area contributed by atoms with Crippen LogP contribution in [0.2, 0.25) is 0 Å². The van der Waals surface area contributed by atoms with Crippen LogP contribution in [0.3, 0.4) is 0 Å². The normalized spacial score (nSPS) is 25.7. The Balaban J connectivity index is 0.00000280. The Hall–Kier alpha value is -0.0800. The second kappa shape index (κ2) is 13.3. The van der Waals surface area contributed by atoms with Crippen LogP contribution < -0.4 is 5.32 Å². The summed E-state index contributed by atoms with van der Waals surface area (Å²) in [6.07, 6.45) is 9.55. The zero-order valence-corrected chi connectivity index (χ0v) is 20.7. The Bertz CT molecular complexity index is 444. The number of rotatable bonds is 7. The molecule has 0 amide bonds. The minimum absolute atomic E-state index is 0. The number of aliphatic imine (C=N–C) groups is 1. The van der Waals surface area contributed by atoms with Gasteiger partial charge in [-0.2, -0.15) is 0 Å². The molecule has 6 heteroatoms. The monoisotopic (exact) mass is 505 g/mol. The molecule has 0 aromatic heterocycles. The predicted molar refractivity (Wildman–Crippen MR) is 131 cm³/mol. The predicted octanol–water partition coefficient (Wildman–Crippen LogP) is 3.50. The van der Waals surface area contributed by atoms with Crippen LogP contribution in [0, 0.1) is 11.8 Å². The number of nitrogens with zero attached hydrogens (tertiary/aromatic N) is 4. The maximum absolute atomic E-state index is 5.01. The van der Waals surface area contributed by atoms with E-state index in [1.807, 2.05) is 0 Å². The lowest BCUT2D eigenvalue weighted by Gasteiger charge is -2.31. The highest BCUT2D eigenvalue weighted by Gasteiger charge is 2.27. The van der Waals surface area contributed by atoms with Crippen LogP contribution in [-0.2, 0) is 0 Å². The van der Waals surface area contributed by atoms with E-state index in [1.165, 1.54) is 103 Å². The molecular formula is C22H44IN5. The van der Waals surface area contributed by atoms with Gasteiger partial charge in [-0.15, -0.1) is 24.0 Å². The van der Waals surface area contributed by atoms with Gasteiger partial charge >= 0.3 is 0 Å². The summed E-state index contributed by atoms with van der Waals surface area (Å²) in [7, 11) is 0. The van der Waals surface area contributed by atoms with E-state index < -0.39 is 0 Å². The van der Waals surface area contributed by atoms with Crippen molar-refractivity contribution in [2.24, 2.45) is 16.8 Å². The van der Waals surface area contributed by atoms with Crippen molar-refractivity contribution < 1.29 is 0 Å². The summed E-state index contributed by atoms with van der Waals surface area (Å²) >= 11 is 0. The molecule has 0 aliphatic carbocycles. The van der Waals surface area contributed by atoms with E-state index in [4.69, 9.17) is 4.99 Å². The van der Waals surface area contributed by atoms with Crippen LogP contribution in [0.4, 0.5) is 0 Å². The van der Waals surface area contributed by atoms with Gasteiger partial charge in [0, 0.05) is 32.7 Å². The van der Waals surface area contributed by atoms with Gasteiger partial charge in [-0.3, -0.25) is 4.99 Å². The third-order valence-corrected chi connectivity index (χ3v) is 6.84. The first-order valence-electron chi connectivity index (χ1n) is 11.8.